The Morgan fingerprint density at radius 3 is 2.38 bits per heavy atom. The quantitative estimate of drug-likeness (QED) is 0.715. The third-order valence-corrected chi connectivity index (χ3v) is 3.14. The first-order chi connectivity index (χ1) is 10.1. The number of benzene rings is 1. The number of nitrogens with two attached hydrogens (primary N) is 1. The zero-order valence-electron chi connectivity index (χ0n) is 13.1. The largest absolute Gasteiger partial charge is 0.493 e. The van der Waals surface area contributed by atoms with Crippen LogP contribution in [0.1, 0.15) is 30.1 Å². The van der Waals surface area contributed by atoms with Crippen LogP contribution in [-0.4, -0.2) is 39.9 Å². The minimum absolute atomic E-state index is 0.0417. The lowest BCUT2D eigenvalue weighted by molar-refractivity contribution is 0.0892. The molecule has 1 unspecified atom stereocenters. The molecule has 6 heteroatoms. The maximum Gasteiger partial charge on any atom is 0.253 e. The van der Waals surface area contributed by atoms with Gasteiger partial charge in [0.1, 0.15) is 0 Å². The second-order valence-electron chi connectivity index (χ2n) is 4.71. The lowest BCUT2D eigenvalue weighted by Crippen LogP contribution is -2.38. The summed E-state index contributed by atoms with van der Waals surface area (Å²) in [7, 11) is 4.65. The molecule has 0 aliphatic rings. The number of hydrogen-bond donors (Lipinski definition) is 2. The van der Waals surface area contributed by atoms with Crippen molar-refractivity contribution in [3.05, 3.63) is 17.7 Å². The fourth-order valence-electron chi connectivity index (χ4n) is 2.10. The van der Waals surface area contributed by atoms with E-state index >= 15 is 0 Å². The smallest absolute Gasteiger partial charge is 0.253 e. The maximum absolute atomic E-state index is 12.4. The molecule has 0 saturated carbocycles. The highest BCUT2D eigenvalue weighted by Crippen LogP contribution is 2.31. The molecule has 0 heterocycles. The Balaban J connectivity index is 2.95. The molecule has 0 aromatic heterocycles. The number of ether oxygens (including phenoxy) is 3. The second-order valence-corrected chi connectivity index (χ2v) is 4.71. The average Bonchev–Trinajstić information content (AvgIpc) is 2.47. The molecule has 1 atom stereocenters. The zero-order valence-corrected chi connectivity index (χ0v) is 13.1. The van der Waals surface area contributed by atoms with Gasteiger partial charge in [0.15, 0.2) is 11.5 Å². The van der Waals surface area contributed by atoms with Crippen LogP contribution >= 0.6 is 0 Å². The summed E-state index contributed by atoms with van der Waals surface area (Å²) in [5, 5.41) is 2.92. The normalized spacial score (nSPS) is 11.8. The van der Waals surface area contributed by atoms with E-state index in [2.05, 4.69) is 12.2 Å². The number of amides is 1. The van der Waals surface area contributed by atoms with Crippen LogP contribution in [0.3, 0.4) is 0 Å². The SMILES string of the molecule is CCCC(COC)NC(=O)c1cc(OC)c(OC)cc1N. The number of carbonyl (C=O) groups is 1. The third kappa shape index (κ3) is 4.53. The minimum Gasteiger partial charge on any atom is -0.493 e. The molecule has 3 N–H and O–H groups in total. The van der Waals surface area contributed by atoms with Crippen LogP contribution in [-0.2, 0) is 4.74 Å². The van der Waals surface area contributed by atoms with E-state index < -0.39 is 0 Å². The van der Waals surface area contributed by atoms with Crippen molar-refractivity contribution in [3.8, 4) is 11.5 Å². The van der Waals surface area contributed by atoms with E-state index in [0.29, 0.717) is 29.4 Å². The predicted octanol–water partition coefficient (Wildman–Crippen LogP) is 1.83. The summed E-state index contributed by atoms with van der Waals surface area (Å²) >= 11 is 0. The monoisotopic (exact) mass is 296 g/mol. The van der Waals surface area contributed by atoms with Gasteiger partial charge in [0.2, 0.25) is 0 Å². The van der Waals surface area contributed by atoms with Gasteiger partial charge in [-0.2, -0.15) is 0 Å². The summed E-state index contributed by atoms with van der Waals surface area (Å²) in [5.74, 6) is 0.716. The van der Waals surface area contributed by atoms with Crippen molar-refractivity contribution < 1.29 is 19.0 Å². The molecule has 6 nitrogen and oxygen atoms in total. The van der Waals surface area contributed by atoms with Gasteiger partial charge in [-0.25, -0.2) is 0 Å². The van der Waals surface area contributed by atoms with Crippen LogP contribution in [0.15, 0.2) is 12.1 Å². The standard InChI is InChI=1S/C15H24N2O4/c1-5-6-10(9-19-2)17-15(18)11-7-13(20-3)14(21-4)8-12(11)16/h7-8,10H,5-6,9,16H2,1-4H3,(H,17,18). The topological polar surface area (TPSA) is 82.8 Å². The van der Waals surface area contributed by atoms with Gasteiger partial charge in [0.05, 0.1) is 32.4 Å². The number of methoxy groups -OCH3 is 3. The van der Waals surface area contributed by atoms with Crippen molar-refractivity contribution in [2.75, 3.05) is 33.7 Å². The van der Waals surface area contributed by atoms with Crippen LogP contribution in [0, 0.1) is 0 Å². The molecule has 1 aromatic carbocycles. The molecule has 0 bridgehead atoms. The molecule has 0 saturated heterocycles. The van der Waals surface area contributed by atoms with Crippen molar-refractivity contribution in [3.63, 3.8) is 0 Å². The highest BCUT2D eigenvalue weighted by Gasteiger charge is 2.18. The number of nitrogens with one attached hydrogen (secondary N) is 1. The Morgan fingerprint density at radius 1 is 1.24 bits per heavy atom. The minimum atomic E-state index is -0.246. The Bertz CT molecular complexity index is 471. The third-order valence-electron chi connectivity index (χ3n) is 3.14. The van der Waals surface area contributed by atoms with Gasteiger partial charge >= 0.3 is 0 Å². The van der Waals surface area contributed by atoms with E-state index in [0.717, 1.165) is 12.8 Å². The highest BCUT2D eigenvalue weighted by molar-refractivity contribution is 6.00. The zero-order chi connectivity index (χ0) is 15.8. The molecule has 0 aliphatic carbocycles. The first-order valence-electron chi connectivity index (χ1n) is 6.88. The Labute approximate surface area is 125 Å². The average molecular weight is 296 g/mol. The fraction of sp³-hybridized carbons (Fsp3) is 0.533. The van der Waals surface area contributed by atoms with Gasteiger partial charge in [-0.1, -0.05) is 13.3 Å². The van der Waals surface area contributed by atoms with Crippen LogP contribution in [0.5, 0.6) is 11.5 Å². The van der Waals surface area contributed by atoms with Crippen molar-refractivity contribution in [1.29, 1.82) is 0 Å². The second kappa shape index (κ2) is 8.36. The molecule has 21 heavy (non-hydrogen) atoms. The van der Waals surface area contributed by atoms with Crippen LogP contribution in [0.25, 0.3) is 0 Å². The summed E-state index contributed by atoms with van der Waals surface area (Å²) in [5.41, 5.74) is 6.63. The van der Waals surface area contributed by atoms with Gasteiger partial charge in [0.25, 0.3) is 5.91 Å². The Morgan fingerprint density at radius 2 is 1.86 bits per heavy atom. The van der Waals surface area contributed by atoms with Gasteiger partial charge in [-0.05, 0) is 12.5 Å². The van der Waals surface area contributed by atoms with Crippen molar-refractivity contribution in [1.82, 2.24) is 5.32 Å². The van der Waals surface area contributed by atoms with Gasteiger partial charge < -0.3 is 25.3 Å². The molecule has 0 spiro atoms. The summed E-state index contributed by atoms with van der Waals surface area (Å²) in [4.78, 5) is 12.4. The van der Waals surface area contributed by atoms with E-state index in [4.69, 9.17) is 19.9 Å². The van der Waals surface area contributed by atoms with E-state index in [9.17, 15) is 4.79 Å². The lowest BCUT2D eigenvalue weighted by atomic mass is 10.1. The van der Waals surface area contributed by atoms with E-state index in [-0.39, 0.29) is 11.9 Å². The molecule has 0 fully saturated rings. The molecule has 1 amide bonds. The van der Waals surface area contributed by atoms with Gasteiger partial charge in [-0.15, -0.1) is 0 Å². The molecule has 0 radical (unpaired) electrons. The summed E-state index contributed by atoms with van der Waals surface area (Å²) < 4.78 is 15.5. The number of anilines is 1. The summed E-state index contributed by atoms with van der Waals surface area (Å²) in [6, 6.07) is 3.12. The Kier molecular flexibility index (Phi) is 6.81. The maximum atomic E-state index is 12.4. The van der Waals surface area contributed by atoms with E-state index in [1.807, 2.05) is 0 Å². The first kappa shape index (κ1) is 17.1. The number of carbonyl (C=O) groups excluding carboxylic acids is 1. The predicted molar refractivity (Wildman–Crippen MR) is 82.0 cm³/mol. The molecular weight excluding hydrogens is 272 g/mol. The van der Waals surface area contributed by atoms with Crippen LogP contribution in [0.4, 0.5) is 5.69 Å². The van der Waals surface area contributed by atoms with Crippen molar-refractivity contribution in [2.45, 2.75) is 25.8 Å². The van der Waals surface area contributed by atoms with E-state index in [1.54, 1.807) is 19.2 Å². The first-order valence-corrected chi connectivity index (χ1v) is 6.88. The van der Waals surface area contributed by atoms with Crippen molar-refractivity contribution in [2.24, 2.45) is 0 Å². The van der Waals surface area contributed by atoms with E-state index in [1.165, 1.54) is 14.2 Å². The molecule has 1 rings (SSSR count). The lowest BCUT2D eigenvalue weighted by Gasteiger charge is -2.18. The van der Waals surface area contributed by atoms with Crippen LogP contribution < -0.4 is 20.5 Å². The summed E-state index contributed by atoms with van der Waals surface area (Å²) in [6.07, 6.45) is 1.79. The number of nitrogen functional groups attached to an aromatic ring is 1. The molecule has 1 aromatic rings. The molecular formula is C15H24N2O4. The number of hydrogen-bond acceptors (Lipinski definition) is 5. The molecule has 0 aliphatic heterocycles. The molecule has 118 valence electrons. The summed E-state index contributed by atoms with van der Waals surface area (Å²) in [6.45, 7) is 2.52. The fourth-order valence-corrected chi connectivity index (χ4v) is 2.10. The van der Waals surface area contributed by atoms with Gasteiger partial charge in [-0.3, -0.25) is 4.79 Å². The van der Waals surface area contributed by atoms with Gasteiger partial charge in [0, 0.05) is 18.9 Å². The van der Waals surface area contributed by atoms with Crippen molar-refractivity contribution >= 4 is 11.6 Å². The number of rotatable bonds is 8. The Hall–Kier alpha value is -1.95. The van der Waals surface area contributed by atoms with Crippen LogP contribution in [0.2, 0.25) is 0 Å². The highest BCUT2D eigenvalue weighted by atomic mass is 16.5.